The van der Waals surface area contributed by atoms with E-state index in [9.17, 15) is 4.79 Å². The second kappa shape index (κ2) is 5.86. The molecule has 1 rings (SSSR count). The summed E-state index contributed by atoms with van der Waals surface area (Å²) in [6, 6.07) is 0. The van der Waals surface area contributed by atoms with Crippen LogP contribution in [0, 0.1) is 5.41 Å². The summed E-state index contributed by atoms with van der Waals surface area (Å²) < 4.78 is 5.23. The number of nitrogens with two attached hydrogens (primary N) is 1. The van der Waals surface area contributed by atoms with E-state index in [1.165, 1.54) is 0 Å². The molecule has 17 heavy (non-hydrogen) atoms. The van der Waals surface area contributed by atoms with Crippen molar-refractivity contribution in [3.05, 3.63) is 0 Å². The van der Waals surface area contributed by atoms with Gasteiger partial charge in [0, 0.05) is 20.1 Å². The van der Waals surface area contributed by atoms with E-state index in [-0.39, 0.29) is 5.91 Å². The van der Waals surface area contributed by atoms with E-state index in [1.54, 1.807) is 7.05 Å². The van der Waals surface area contributed by atoms with Crippen LogP contribution in [-0.4, -0.2) is 56.7 Å². The number of hydrogen-bond acceptors (Lipinski definition) is 3. The van der Waals surface area contributed by atoms with E-state index < -0.39 is 5.41 Å². The molecule has 0 aliphatic carbocycles. The van der Waals surface area contributed by atoms with Crippen molar-refractivity contribution in [2.24, 2.45) is 16.1 Å². The third-order valence-corrected chi connectivity index (χ3v) is 2.81. The van der Waals surface area contributed by atoms with E-state index in [2.05, 4.69) is 10.3 Å². The summed E-state index contributed by atoms with van der Waals surface area (Å²) in [7, 11) is 1.62. The summed E-state index contributed by atoms with van der Waals surface area (Å²) in [6.07, 6.45) is 0. The molecule has 6 nitrogen and oxygen atoms in total. The molecule has 3 N–H and O–H groups in total. The summed E-state index contributed by atoms with van der Waals surface area (Å²) in [4.78, 5) is 17.8. The molecule has 0 aromatic rings. The van der Waals surface area contributed by atoms with E-state index in [1.807, 2.05) is 18.7 Å². The molecule has 1 fully saturated rings. The average Bonchev–Trinajstić information content (AvgIpc) is 2.36. The lowest BCUT2D eigenvalue weighted by atomic mass is 9.93. The quantitative estimate of drug-likeness (QED) is 0.512. The number of nitrogens with one attached hydrogen (secondary N) is 1. The zero-order valence-corrected chi connectivity index (χ0v) is 10.8. The molecule has 1 aliphatic heterocycles. The molecular formula is C11H22N4O2. The van der Waals surface area contributed by atoms with Gasteiger partial charge in [-0.15, -0.1) is 0 Å². The predicted molar refractivity (Wildman–Crippen MR) is 66.7 cm³/mol. The third kappa shape index (κ3) is 3.89. The van der Waals surface area contributed by atoms with Crippen LogP contribution in [-0.2, 0) is 9.53 Å². The Morgan fingerprint density at radius 1 is 1.47 bits per heavy atom. The molecule has 98 valence electrons. The number of nitrogens with zero attached hydrogens (tertiary/aromatic N) is 2. The highest BCUT2D eigenvalue weighted by Crippen LogP contribution is 2.15. The fourth-order valence-corrected chi connectivity index (χ4v) is 1.58. The summed E-state index contributed by atoms with van der Waals surface area (Å²) in [5, 5.41) is 2.63. The van der Waals surface area contributed by atoms with Gasteiger partial charge in [0.05, 0.1) is 25.2 Å². The van der Waals surface area contributed by atoms with Gasteiger partial charge in [0.2, 0.25) is 5.91 Å². The van der Waals surface area contributed by atoms with Crippen LogP contribution in [0.4, 0.5) is 0 Å². The number of morpholine rings is 1. The number of aliphatic imine (C=N–C) groups is 1. The number of guanidine groups is 1. The van der Waals surface area contributed by atoms with Gasteiger partial charge in [-0.25, -0.2) is 0 Å². The Morgan fingerprint density at radius 2 is 2.06 bits per heavy atom. The first-order valence-electron chi connectivity index (χ1n) is 5.82. The molecule has 0 spiro atoms. The highest BCUT2D eigenvalue weighted by atomic mass is 16.5. The Kier molecular flexibility index (Phi) is 4.74. The molecule has 1 aliphatic rings. The lowest BCUT2D eigenvalue weighted by molar-refractivity contribution is -0.128. The molecule has 0 radical (unpaired) electrons. The first-order chi connectivity index (χ1) is 7.97. The SMILES string of the molecule is CNC(=O)C(C)(C)CN=C(N)N1CCOCC1. The molecule has 0 unspecified atom stereocenters. The summed E-state index contributed by atoms with van der Waals surface area (Å²) in [6.45, 7) is 6.95. The van der Waals surface area contributed by atoms with Gasteiger partial charge in [-0.3, -0.25) is 9.79 Å². The van der Waals surface area contributed by atoms with Gasteiger partial charge in [-0.1, -0.05) is 0 Å². The smallest absolute Gasteiger partial charge is 0.227 e. The minimum atomic E-state index is -0.536. The van der Waals surface area contributed by atoms with Gasteiger partial charge in [-0.05, 0) is 13.8 Å². The fourth-order valence-electron chi connectivity index (χ4n) is 1.58. The summed E-state index contributed by atoms with van der Waals surface area (Å²) >= 11 is 0. The second-order valence-corrected chi connectivity index (χ2v) is 4.74. The maximum absolute atomic E-state index is 11.6. The van der Waals surface area contributed by atoms with Crippen LogP contribution in [0.25, 0.3) is 0 Å². The molecule has 0 aromatic heterocycles. The van der Waals surface area contributed by atoms with Crippen LogP contribution in [0.2, 0.25) is 0 Å². The summed E-state index contributed by atoms with van der Waals surface area (Å²) in [5.41, 5.74) is 5.35. The first-order valence-corrected chi connectivity index (χ1v) is 5.82. The van der Waals surface area contributed by atoms with E-state index in [0.717, 1.165) is 13.1 Å². The third-order valence-electron chi connectivity index (χ3n) is 2.81. The number of carbonyl (C=O) groups is 1. The van der Waals surface area contributed by atoms with Crippen LogP contribution in [0.5, 0.6) is 0 Å². The van der Waals surface area contributed by atoms with Crippen LogP contribution in [0.3, 0.4) is 0 Å². The number of amides is 1. The molecule has 6 heteroatoms. The molecule has 0 aromatic carbocycles. The zero-order valence-electron chi connectivity index (χ0n) is 10.8. The van der Waals surface area contributed by atoms with Crippen LogP contribution in [0.1, 0.15) is 13.8 Å². The van der Waals surface area contributed by atoms with Crippen molar-refractivity contribution in [1.82, 2.24) is 10.2 Å². The van der Waals surface area contributed by atoms with Gasteiger partial charge in [0.15, 0.2) is 5.96 Å². The number of hydrogen-bond donors (Lipinski definition) is 2. The number of ether oxygens (including phenoxy) is 1. The van der Waals surface area contributed by atoms with Gasteiger partial charge >= 0.3 is 0 Å². The second-order valence-electron chi connectivity index (χ2n) is 4.74. The van der Waals surface area contributed by atoms with Crippen molar-refractivity contribution < 1.29 is 9.53 Å². The number of carbonyl (C=O) groups excluding carboxylic acids is 1. The Bertz CT molecular complexity index is 296. The standard InChI is InChI=1S/C11H22N4O2/c1-11(2,9(16)13-3)8-14-10(12)15-4-6-17-7-5-15/h4-8H2,1-3H3,(H2,12,14)(H,13,16). The van der Waals surface area contributed by atoms with Crippen LogP contribution in [0.15, 0.2) is 4.99 Å². The molecule has 1 heterocycles. The van der Waals surface area contributed by atoms with Gasteiger partial charge < -0.3 is 20.7 Å². The predicted octanol–water partition coefficient (Wildman–Crippen LogP) is -0.594. The monoisotopic (exact) mass is 242 g/mol. The normalized spacial score (nSPS) is 18.1. The van der Waals surface area contributed by atoms with E-state index in [4.69, 9.17) is 10.5 Å². The molecule has 0 saturated carbocycles. The van der Waals surface area contributed by atoms with E-state index >= 15 is 0 Å². The van der Waals surface area contributed by atoms with Crippen molar-refractivity contribution in [3.63, 3.8) is 0 Å². The van der Waals surface area contributed by atoms with Crippen molar-refractivity contribution in [1.29, 1.82) is 0 Å². The van der Waals surface area contributed by atoms with Crippen molar-refractivity contribution in [2.45, 2.75) is 13.8 Å². The van der Waals surface area contributed by atoms with Crippen LogP contribution < -0.4 is 11.1 Å². The minimum Gasteiger partial charge on any atom is -0.378 e. The number of rotatable bonds is 3. The van der Waals surface area contributed by atoms with Crippen LogP contribution >= 0.6 is 0 Å². The maximum Gasteiger partial charge on any atom is 0.227 e. The van der Waals surface area contributed by atoms with Crippen molar-refractivity contribution in [3.8, 4) is 0 Å². The molecule has 0 atom stereocenters. The van der Waals surface area contributed by atoms with Crippen molar-refractivity contribution >= 4 is 11.9 Å². The Labute approximate surface area is 102 Å². The van der Waals surface area contributed by atoms with Gasteiger partial charge in [0.1, 0.15) is 0 Å². The molecular weight excluding hydrogens is 220 g/mol. The zero-order chi connectivity index (χ0) is 12.9. The Hall–Kier alpha value is -1.30. The molecule has 1 saturated heterocycles. The lowest BCUT2D eigenvalue weighted by Crippen LogP contribution is -2.45. The van der Waals surface area contributed by atoms with E-state index in [0.29, 0.717) is 25.7 Å². The lowest BCUT2D eigenvalue weighted by Gasteiger charge is -2.28. The molecule has 1 amide bonds. The average molecular weight is 242 g/mol. The maximum atomic E-state index is 11.6. The first kappa shape index (κ1) is 13.8. The molecule has 0 bridgehead atoms. The largest absolute Gasteiger partial charge is 0.378 e. The van der Waals surface area contributed by atoms with Gasteiger partial charge in [0.25, 0.3) is 0 Å². The minimum absolute atomic E-state index is 0.0315. The topological polar surface area (TPSA) is 80.0 Å². The fraction of sp³-hybridized carbons (Fsp3) is 0.818. The summed E-state index contributed by atoms with van der Waals surface area (Å²) in [5.74, 6) is 0.460. The van der Waals surface area contributed by atoms with Gasteiger partial charge in [-0.2, -0.15) is 0 Å². The Morgan fingerprint density at radius 3 is 2.59 bits per heavy atom. The highest BCUT2D eigenvalue weighted by molar-refractivity contribution is 5.83. The Balaban J connectivity index is 2.54. The highest BCUT2D eigenvalue weighted by Gasteiger charge is 2.26. The van der Waals surface area contributed by atoms with Crippen molar-refractivity contribution in [2.75, 3.05) is 39.9 Å².